The Balaban J connectivity index is 1.29. The number of fused-ring (bicyclic) bond motifs is 2. The van der Waals surface area contributed by atoms with Crippen molar-refractivity contribution in [3.63, 3.8) is 0 Å². The fourth-order valence-electron chi connectivity index (χ4n) is 4.99. The van der Waals surface area contributed by atoms with Crippen LogP contribution in [0.3, 0.4) is 0 Å². The molecular formula is C25H27N9S. The fourth-order valence-corrected chi connectivity index (χ4v) is 5.88. The van der Waals surface area contributed by atoms with Crippen LogP contribution in [0.15, 0.2) is 30.0 Å². The molecule has 1 aliphatic carbocycles. The van der Waals surface area contributed by atoms with Crippen LogP contribution in [0.5, 0.6) is 0 Å². The minimum absolute atomic E-state index is 0.290. The smallest absolute Gasteiger partial charge is 0.208 e. The summed E-state index contributed by atoms with van der Waals surface area (Å²) in [6.07, 6.45) is 10.7. The van der Waals surface area contributed by atoms with Gasteiger partial charge < -0.3 is 25.9 Å². The van der Waals surface area contributed by atoms with Crippen molar-refractivity contribution in [2.24, 2.45) is 0 Å². The van der Waals surface area contributed by atoms with Gasteiger partial charge >= 0.3 is 0 Å². The van der Waals surface area contributed by atoms with Gasteiger partial charge in [-0.3, -0.25) is 4.98 Å². The second-order valence-corrected chi connectivity index (χ2v) is 10.5. The Hall–Kier alpha value is -3.55. The minimum atomic E-state index is 0.290. The highest BCUT2D eigenvalue weighted by Crippen LogP contribution is 2.37. The molecule has 10 heteroatoms. The Labute approximate surface area is 207 Å². The monoisotopic (exact) mass is 485 g/mol. The van der Waals surface area contributed by atoms with Crippen LogP contribution in [0, 0.1) is 16.7 Å². The summed E-state index contributed by atoms with van der Waals surface area (Å²) in [6.45, 7) is 1.98. The van der Waals surface area contributed by atoms with Crippen molar-refractivity contribution in [1.29, 1.82) is 10.7 Å². The molecule has 3 aromatic rings. The maximum absolute atomic E-state index is 9.09. The van der Waals surface area contributed by atoms with Crippen molar-refractivity contribution in [2.45, 2.75) is 50.2 Å². The minimum Gasteiger partial charge on any atom is -0.382 e. The predicted octanol–water partition coefficient (Wildman–Crippen LogP) is 4.06. The second kappa shape index (κ2) is 9.24. The molecule has 3 fully saturated rings. The molecule has 5 heterocycles. The second-order valence-electron chi connectivity index (χ2n) is 9.50. The number of aromatic amines is 1. The lowest BCUT2D eigenvalue weighted by Crippen LogP contribution is -2.51. The third kappa shape index (κ3) is 4.45. The van der Waals surface area contributed by atoms with Gasteiger partial charge in [-0.15, -0.1) is 10.2 Å². The van der Waals surface area contributed by atoms with E-state index >= 15 is 0 Å². The topological polar surface area (TPSA) is 129 Å². The van der Waals surface area contributed by atoms with Gasteiger partial charge in [0.2, 0.25) is 5.13 Å². The van der Waals surface area contributed by atoms with E-state index in [9.17, 15) is 0 Å². The number of nitriles is 1. The first-order chi connectivity index (χ1) is 17.2. The molecule has 3 aromatic heterocycles. The van der Waals surface area contributed by atoms with Gasteiger partial charge in [0.05, 0.1) is 22.5 Å². The number of allylic oxidation sites excluding steroid dienone is 1. The highest BCUT2D eigenvalue weighted by molar-refractivity contribution is 7.18. The lowest BCUT2D eigenvalue weighted by Gasteiger charge is -2.32. The van der Waals surface area contributed by atoms with Gasteiger partial charge in [-0.2, -0.15) is 5.26 Å². The first-order valence-corrected chi connectivity index (χ1v) is 12.9. The van der Waals surface area contributed by atoms with Crippen LogP contribution < -0.4 is 15.5 Å². The van der Waals surface area contributed by atoms with E-state index in [1.807, 2.05) is 24.4 Å². The Morgan fingerprint density at radius 1 is 1.20 bits per heavy atom. The van der Waals surface area contributed by atoms with Crippen LogP contribution in [0.1, 0.15) is 37.8 Å². The first kappa shape index (κ1) is 21.9. The van der Waals surface area contributed by atoms with E-state index in [1.165, 1.54) is 32.1 Å². The summed E-state index contributed by atoms with van der Waals surface area (Å²) in [5.41, 5.74) is 4.72. The van der Waals surface area contributed by atoms with Crippen molar-refractivity contribution in [3.8, 4) is 28.0 Å². The highest BCUT2D eigenvalue weighted by atomic mass is 32.1. The van der Waals surface area contributed by atoms with E-state index in [0.29, 0.717) is 23.7 Å². The summed E-state index contributed by atoms with van der Waals surface area (Å²) in [5.74, 6) is 0. The molecule has 2 saturated heterocycles. The summed E-state index contributed by atoms with van der Waals surface area (Å²) >= 11 is 1.64. The quantitative estimate of drug-likeness (QED) is 0.293. The maximum atomic E-state index is 9.09. The van der Waals surface area contributed by atoms with Crippen LogP contribution in [0.2, 0.25) is 0 Å². The van der Waals surface area contributed by atoms with Gasteiger partial charge in [0.1, 0.15) is 6.07 Å². The summed E-state index contributed by atoms with van der Waals surface area (Å²) in [7, 11) is 0. The molecule has 2 unspecified atom stereocenters. The number of anilines is 2. The van der Waals surface area contributed by atoms with Crippen molar-refractivity contribution < 1.29 is 0 Å². The van der Waals surface area contributed by atoms with E-state index in [-0.39, 0.29) is 0 Å². The van der Waals surface area contributed by atoms with E-state index in [1.54, 1.807) is 17.4 Å². The van der Waals surface area contributed by atoms with Crippen molar-refractivity contribution >= 4 is 34.4 Å². The number of pyridine rings is 1. The van der Waals surface area contributed by atoms with E-state index < -0.39 is 0 Å². The summed E-state index contributed by atoms with van der Waals surface area (Å²) in [5, 5.41) is 34.8. The molecular weight excluding hydrogens is 458 g/mol. The molecule has 0 spiro atoms. The molecule has 0 amide bonds. The molecule has 178 valence electrons. The van der Waals surface area contributed by atoms with Gasteiger partial charge in [0.25, 0.3) is 0 Å². The summed E-state index contributed by atoms with van der Waals surface area (Å²) in [4.78, 5) is 10.4. The first-order valence-electron chi connectivity index (χ1n) is 12.1. The average molecular weight is 486 g/mol. The van der Waals surface area contributed by atoms with Crippen molar-refractivity contribution in [1.82, 2.24) is 25.5 Å². The van der Waals surface area contributed by atoms with E-state index in [0.717, 1.165) is 57.8 Å². The Morgan fingerprint density at radius 2 is 2.03 bits per heavy atom. The predicted molar refractivity (Wildman–Crippen MR) is 139 cm³/mol. The molecule has 2 atom stereocenters. The number of piperazine rings is 1. The van der Waals surface area contributed by atoms with Crippen LogP contribution in [0.25, 0.3) is 28.0 Å². The lowest BCUT2D eigenvalue weighted by molar-refractivity contribution is 0.445. The molecule has 4 N–H and O–H groups in total. The summed E-state index contributed by atoms with van der Waals surface area (Å²) in [6, 6.07) is 9.49. The molecule has 2 bridgehead atoms. The molecule has 6 rings (SSSR count). The number of hydrogen-bond acceptors (Lipinski definition) is 9. The van der Waals surface area contributed by atoms with Gasteiger partial charge in [-0.25, -0.2) is 0 Å². The largest absolute Gasteiger partial charge is 0.382 e. The van der Waals surface area contributed by atoms with Gasteiger partial charge in [-0.1, -0.05) is 11.3 Å². The number of hydrogen-bond donors (Lipinski definition) is 4. The summed E-state index contributed by atoms with van der Waals surface area (Å²) < 4.78 is 0. The highest BCUT2D eigenvalue weighted by Gasteiger charge is 2.33. The third-order valence-corrected chi connectivity index (χ3v) is 8.10. The average Bonchev–Trinajstić information content (AvgIpc) is 3.60. The lowest BCUT2D eigenvalue weighted by atomic mass is 9.92. The van der Waals surface area contributed by atoms with Crippen LogP contribution in [-0.2, 0) is 0 Å². The molecule has 0 radical (unpaired) electrons. The molecule has 0 aromatic carbocycles. The number of nitrogens with one attached hydrogen (secondary N) is 4. The van der Waals surface area contributed by atoms with Crippen molar-refractivity contribution in [2.75, 3.05) is 23.3 Å². The van der Waals surface area contributed by atoms with Crippen LogP contribution in [0.4, 0.5) is 10.8 Å². The van der Waals surface area contributed by atoms with Crippen molar-refractivity contribution in [3.05, 3.63) is 35.7 Å². The van der Waals surface area contributed by atoms with Gasteiger partial charge in [-0.05, 0) is 56.4 Å². The Bertz CT molecular complexity index is 1300. The van der Waals surface area contributed by atoms with Crippen LogP contribution >= 0.6 is 11.3 Å². The zero-order valence-corrected chi connectivity index (χ0v) is 20.1. The third-order valence-electron chi connectivity index (χ3n) is 7.08. The van der Waals surface area contributed by atoms with E-state index in [2.05, 4.69) is 36.8 Å². The van der Waals surface area contributed by atoms with Gasteiger partial charge in [0, 0.05) is 55.0 Å². The zero-order valence-electron chi connectivity index (χ0n) is 19.3. The molecule has 2 aliphatic heterocycles. The van der Waals surface area contributed by atoms with E-state index in [4.69, 9.17) is 15.7 Å². The molecule has 35 heavy (non-hydrogen) atoms. The molecule has 1 saturated carbocycles. The Kier molecular flexibility index (Phi) is 5.80. The zero-order chi connectivity index (χ0) is 23.8. The number of H-pyrrole nitrogens is 1. The number of aromatic nitrogens is 4. The molecule has 3 aliphatic rings. The normalized spacial score (nSPS) is 22.0. The SMILES string of the molecule is N#C/C(C=N)=C/c1ccc(-c2cc(NC3CCC3)c(-c3nnc(N4CC5CCC(C4)N5)s3)cn2)[nH]1. The number of rotatable bonds is 7. The Morgan fingerprint density at radius 3 is 2.74 bits per heavy atom. The van der Waals surface area contributed by atoms with Crippen LogP contribution in [-0.4, -0.2) is 57.6 Å². The number of nitrogens with zero attached hydrogens (tertiary/aromatic N) is 5. The fraction of sp³-hybridized carbons (Fsp3) is 0.400. The standard InChI is InChI=1S/C25H27N9S/c26-10-15(11-27)8-17-6-7-21(31-17)23-9-22(30-16-2-1-3-16)20(12-28-23)24-32-33-25(35-24)34-13-18-4-5-19(14-34)29-18/h6-10,12,16,18-19,26,29,31H,1-5,13-14H2,(H,28,30)/b15-8+,26-10?. The van der Waals surface area contributed by atoms with Gasteiger partial charge in [0.15, 0.2) is 5.01 Å². The maximum Gasteiger partial charge on any atom is 0.208 e. The molecule has 9 nitrogen and oxygen atoms in total.